The monoisotopic (exact) mass is 345 g/mol. The molecule has 1 fully saturated rings. The molecule has 0 spiro atoms. The standard InChI is InChI=1S/C17H23N5O3/c1-4-5-22-14-13(15(23)19-17(22)25)8-12(9-18-14)16(24)21-7-6-20(3)10-11(21)2/h8-9,11H,4-7,10H2,1-3H3,(H,19,23,25)/t11-/m0/s1. The zero-order valence-corrected chi connectivity index (χ0v) is 14.8. The summed E-state index contributed by atoms with van der Waals surface area (Å²) in [6.45, 7) is 6.67. The molecule has 8 heteroatoms. The highest BCUT2D eigenvalue weighted by atomic mass is 16.2. The molecule has 0 bridgehead atoms. The Hall–Kier alpha value is -2.48. The number of hydrogen-bond acceptors (Lipinski definition) is 5. The summed E-state index contributed by atoms with van der Waals surface area (Å²) in [6.07, 6.45) is 2.20. The third-order valence-corrected chi connectivity index (χ3v) is 4.62. The molecular weight excluding hydrogens is 322 g/mol. The van der Waals surface area contributed by atoms with E-state index in [0.717, 1.165) is 19.5 Å². The Bertz CT molecular complexity index is 917. The Kier molecular flexibility index (Phi) is 4.71. The molecule has 0 unspecified atom stereocenters. The fourth-order valence-corrected chi connectivity index (χ4v) is 3.32. The Morgan fingerprint density at radius 1 is 1.36 bits per heavy atom. The van der Waals surface area contributed by atoms with Crippen molar-refractivity contribution < 1.29 is 4.79 Å². The van der Waals surface area contributed by atoms with Crippen LogP contribution in [0.3, 0.4) is 0 Å². The lowest BCUT2D eigenvalue weighted by molar-refractivity contribution is 0.0533. The number of aromatic nitrogens is 3. The molecule has 0 aromatic carbocycles. The highest BCUT2D eigenvalue weighted by molar-refractivity contribution is 5.97. The predicted octanol–water partition coefficient (Wildman–Crippen LogP) is 0.271. The van der Waals surface area contributed by atoms with Crippen molar-refractivity contribution in [3.63, 3.8) is 0 Å². The molecule has 0 radical (unpaired) electrons. The number of fused-ring (bicyclic) bond motifs is 1. The molecule has 3 heterocycles. The predicted molar refractivity (Wildman–Crippen MR) is 94.9 cm³/mol. The summed E-state index contributed by atoms with van der Waals surface area (Å²) in [5.74, 6) is -0.136. The second kappa shape index (κ2) is 6.79. The average Bonchev–Trinajstić information content (AvgIpc) is 2.57. The zero-order valence-electron chi connectivity index (χ0n) is 14.8. The summed E-state index contributed by atoms with van der Waals surface area (Å²) in [4.78, 5) is 47.5. The summed E-state index contributed by atoms with van der Waals surface area (Å²) >= 11 is 0. The van der Waals surface area contributed by atoms with Crippen molar-refractivity contribution in [1.29, 1.82) is 0 Å². The number of H-pyrrole nitrogens is 1. The van der Waals surface area contributed by atoms with E-state index in [1.165, 1.54) is 10.8 Å². The Labute approximate surface area is 145 Å². The summed E-state index contributed by atoms with van der Waals surface area (Å²) in [5.41, 5.74) is -0.297. The highest BCUT2D eigenvalue weighted by Crippen LogP contribution is 2.15. The van der Waals surface area contributed by atoms with Crippen LogP contribution in [0.5, 0.6) is 0 Å². The number of rotatable bonds is 3. The summed E-state index contributed by atoms with van der Waals surface area (Å²) in [5, 5.41) is 0.265. The largest absolute Gasteiger partial charge is 0.333 e. The normalized spacial score (nSPS) is 18.7. The molecule has 1 N–H and O–H groups in total. The molecule has 0 saturated carbocycles. The van der Waals surface area contributed by atoms with Crippen molar-refractivity contribution in [2.24, 2.45) is 0 Å². The lowest BCUT2D eigenvalue weighted by Crippen LogP contribution is -2.52. The van der Waals surface area contributed by atoms with Crippen molar-refractivity contribution in [1.82, 2.24) is 24.3 Å². The highest BCUT2D eigenvalue weighted by Gasteiger charge is 2.27. The van der Waals surface area contributed by atoms with Crippen LogP contribution >= 0.6 is 0 Å². The number of aromatic amines is 1. The van der Waals surface area contributed by atoms with E-state index in [1.807, 2.05) is 20.9 Å². The van der Waals surface area contributed by atoms with Gasteiger partial charge >= 0.3 is 5.69 Å². The molecule has 134 valence electrons. The number of amides is 1. The maximum absolute atomic E-state index is 12.8. The fraction of sp³-hybridized carbons (Fsp3) is 0.529. The smallest absolute Gasteiger partial charge is 0.329 e. The maximum Gasteiger partial charge on any atom is 0.329 e. The quantitative estimate of drug-likeness (QED) is 0.862. The molecule has 1 aliphatic rings. The number of carbonyl (C=O) groups is 1. The van der Waals surface area contributed by atoms with Crippen molar-refractivity contribution in [3.05, 3.63) is 38.7 Å². The minimum atomic E-state index is -0.513. The van der Waals surface area contributed by atoms with E-state index in [0.29, 0.717) is 24.3 Å². The van der Waals surface area contributed by atoms with Gasteiger partial charge in [-0.05, 0) is 26.5 Å². The van der Waals surface area contributed by atoms with Gasteiger partial charge in [0.2, 0.25) is 0 Å². The van der Waals surface area contributed by atoms with Gasteiger partial charge in [0.15, 0.2) is 0 Å². The molecule has 1 amide bonds. The SMILES string of the molecule is CCCn1c(=O)[nH]c(=O)c2cc(C(=O)N3CCN(C)C[C@@H]3C)cnc21. The minimum Gasteiger partial charge on any atom is -0.333 e. The van der Waals surface area contributed by atoms with E-state index in [1.54, 1.807) is 11.0 Å². The first-order valence-electron chi connectivity index (χ1n) is 8.54. The van der Waals surface area contributed by atoms with E-state index in [2.05, 4.69) is 14.9 Å². The van der Waals surface area contributed by atoms with Crippen molar-refractivity contribution in [2.75, 3.05) is 26.7 Å². The Balaban J connectivity index is 2.03. The van der Waals surface area contributed by atoms with Gasteiger partial charge < -0.3 is 9.80 Å². The number of hydrogen-bond donors (Lipinski definition) is 1. The summed E-state index contributed by atoms with van der Waals surface area (Å²) in [6, 6.07) is 1.63. The molecule has 25 heavy (non-hydrogen) atoms. The van der Waals surface area contributed by atoms with Crippen LogP contribution in [-0.2, 0) is 6.54 Å². The Morgan fingerprint density at radius 3 is 2.80 bits per heavy atom. The minimum absolute atomic E-state index is 0.0919. The first-order chi connectivity index (χ1) is 11.9. The summed E-state index contributed by atoms with van der Waals surface area (Å²) in [7, 11) is 2.03. The second-order valence-corrected chi connectivity index (χ2v) is 6.62. The number of likely N-dealkylation sites (N-methyl/N-ethyl adjacent to an activating group) is 1. The molecular formula is C17H23N5O3. The summed E-state index contributed by atoms with van der Waals surface area (Å²) < 4.78 is 1.43. The van der Waals surface area contributed by atoms with Crippen molar-refractivity contribution in [3.8, 4) is 0 Å². The number of nitrogens with zero attached hydrogens (tertiary/aromatic N) is 4. The number of carbonyl (C=O) groups excluding carboxylic acids is 1. The maximum atomic E-state index is 12.8. The molecule has 0 aliphatic carbocycles. The number of aryl methyl sites for hydroxylation is 1. The number of pyridine rings is 1. The van der Waals surface area contributed by atoms with E-state index in [-0.39, 0.29) is 17.3 Å². The molecule has 1 saturated heterocycles. The van der Waals surface area contributed by atoms with Crippen LogP contribution < -0.4 is 11.2 Å². The molecule has 1 atom stereocenters. The van der Waals surface area contributed by atoms with Crippen LogP contribution in [0.1, 0.15) is 30.6 Å². The van der Waals surface area contributed by atoms with Gasteiger partial charge in [0.1, 0.15) is 5.65 Å². The Morgan fingerprint density at radius 2 is 2.12 bits per heavy atom. The van der Waals surface area contributed by atoms with Gasteiger partial charge in [0, 0.05) is 38.4 Å². The first kappa shape index (κ1) is 17.3. The van der Waals surface area contributed by atoms with Crippen LogP contribution in [0.4, 0.5) is 0 Å². The van der Waals surface area contributed by atoms with Gasteiger partial charge in [-0.2, -0.15) is 0 Å². The fourth-order valence-electron chi connectivity index (χ4n) is 3.32. The molecule has 3 rings (SSSR count). The van der Waals surface area contributed by atoms with Gasteiger partial charge in [-0.1, -0.05) is 6.92 Å². The van der Waals surface area contributed by atoms with Crippen molar-refractivity contribution in [2.45, 2.75) is 32.9 Å². The molecule has 1 aliphatic heterocycles. The number of nitrogens with one attached hydrogen (secondary N) is 1. The zero-order chi connectivity index (χ0) is 18.1. The molecule has 2 aromatic rings. The molecule has 2 aromatic heterocycles. The van der Waals surface area contributed by atoms with Gasteiger partial charge in [-0.3, -0.25) is 19.1 Å². The van der Waals surface area contributed by atoms with Crippen LogP contribution in [0.25, 0.3) is 11.0 Å². The lowest BCUT2D eigenvalue weighted by Gasteiger charge is -2.38. The third kappa shape index (κ3) is 3.21. The van der Waals surface area contributed by atoms with Crippen LogP contribution in [0, 0.1) is 0 Å². The average molecular weight is 345 g/mol. The van der Waals surface area contributed by atoms with Gasteiger partial charge in [0.25, 0.3) is 11.5 Å². The van der Waals surface area contributed by atoms with E-state index < -0.39 is 11.2 Å². The first-order valence-corrected chi connectivity index (χ1v) is 8.54. The van der Waals surface area contributed by atoms with Crippen LogP contribution in [0.2, 0.25) is 0 Å². The van der Waals surface area contributed by atoms with E-state index >= 15 is 0 Å². The van der Waals surface area contributed by atoms with Crippen LogP contribution in [-0.4, -0.2) is 63.0 Å². The van der Waals surface area contributed by atoms with Gasteiger partial charge in [0.05, 0.1) is 10.9 Å². The lowest BCUT2D eigenvalue weighted by atomic mass is 10.1. The van der Waals surface area contributed by atoms with Crippen LogP contribution in [0.15, 0.2) is 21.9 Å². The molecule has 8 nitrogen and oxygen atoms in total. The topological polar surface area (TPSA) is 91.3 Å². The second-order valence-electron chi connectivity index (χ2n) is 6.62. The van der Waals surface area contributed by atoms with E-state index in [9.17, 15) is 14.4 Å². The van der Waals surface area contributed by atoms with Gasteiger partial charge in [-0.25, -0.2) is 9.78 Å². The van der Waals surface area contributed by atoms with Crippen molar-refractivity contribution >= 4 is 16.9 Å². The van der Waals surface area contributed by atoms with E-state index in [4.69, 9.17) is 0 Å². The third-order valence-electron chi connectivity index (χ3n) is 4.62. The van der Waals surface area contributed by atoms with Gasteiger partial charge in [-0.15, -0.1) is 0 Å². The number of piperazine rings is 1.